The first-order valence-electron chi connectivity index (χ1n) is 9.87. The van der Waals surface area contributed by atoms with Crippen molar-refractivity contribution in [2.75, 3.05) is 5.73 Å². The van der Waals surface area contributed by atoms with Gasteiger partial charge in [-0.3, -0.25) is 9.78 Å². The molecule has 1 amide bonds. The maximum atomic E-state index is 13.9. The van der Waals surface area contributed by atoms with E-state index in [1.54, 1.807) is 6.33 Å². The van der Waals surface area contributed by atoms with Crippen molar-refractivity contribution < 1.29 is 13.6 Å². The van der Waals surface area contributed by atoms with Gasteiger partial charge in [-0.05, 0) is 24.3 Å². The molecule has 0 unspecified atom stereocenters. The summed E-state index contributed by atoms with van der Waals surface area (Å²) in [5.41, 5.74) is 9.01. The molecule has 0 fully saturated rings. The van der Waals surface area contributed by atoms with E-state index in [4.69, 9.17) is 10.2 Å². The summed E-state index contributed by atoms with van der Waals surface area (Å²) < 4.78 is 21.1. The largest absolute Gasteiger partial charge is 0.443 e. The predicted molar refractivity (Wildman–Crippen MR) is 117 cm³/mol. The molecule has 0 aliphatic rings. The Balaban J connectivity index is 1.57. The maximum Gasteiger partial charge on any atom is 0.274 e. The van der Waals surface area contributed by atoms with Gasteiger partial charge in [-0.1, -0.05) is 6.07 Å². The molecule has 11 heteroatoms. The molecule has 0 bridgehead atoms. The van der Waals surface area contributed by atoms with Crippen molar-refractivity contribution in [1.29, 1.82) is 0 Å². The number of nitrogens with one attached hydrogen (secondary N) is 1. The zero-order valence-electron chi connectivity index (χ0n) is 17.4. The molecule has 33 heavy (non-hydrogen) atoms. The molecule has 0 spiro atoms. The molecule has 3 N–H and O–H groups in total. The average Bonchev–Trinajstić information content (AvgIpc) is 3.48. The van der Waals surface area contributed by atoms with Crippen LogP contribution in [0, 0.1) is 5.82 Å². The zero-order valence-corrected chi connectivity index (χ0v) is 17.4. The lowest BCUT2D eigenvalue weighted by Gasteiger charge is -2.12. The van der Waals surface area contributed by atoms with Crippen molar-refractivity contribution in [2.45, 2.75) is 6.54 Å². The number of hydrogen-bond donors (Lipinski definition) is 2. The molecule has 10 nitrogen and oxygen atoms in total. The van der Waals surface area contributed by atoms with Crippen LogP contribution < -0.4 is 11.1 Å². The van der Waals surface area contributed by atoms with Crippen LogP contribution in [0.25, 0.3) is 33.9 Å². The number of nitrogens with two attached hydrogens (primary N) is 1. The summed E-state index contributed by atoms with van der Waals surface area (Å²) in [5.74, 6) is -1.06. The lowest BCUT2D eigenvalue weighted by Crippen LogP contribution is -2.26. The Bertz CT molecular complexity index is 1480. The highest BCUT2D eigenvalue weighted by Gasteiger charge is 2.22. The van der Waals surface area contributed by atoms with Gasteiger partial charge in [-0.25, -0.2) is 24.3 Å². The highest BCUT2D eigenvalue weighted by molar-refractivity contribution is 5.98. The quantitative estimate of drug-likeness (QED) is 0.422. The predicted octanol–water partition coefficient (Wildman–Crippen LogP) is 2.73. The van der Waals surface area contributed by atoms with Gasteiger partial charge in [0.2, 0.25) is 5.89 Å². The van der Waals surface area contributed by atoms with Gasteiger partial charge in [0.25, 0.3) is 5.91 Å². The van der Waals surface area contributed by atoms with E-state index >= 15 is 0 Å². The topological polar surface area (TPSA) is 138 Å². The number of aryl methyl sites for hydroxylation is 1. The summed E-state index contributed by atoms with van der Waals surface area (Å²) in [5, 5.41) is 2.59. The summed E-state index contributed by atoms with van der Waals surface area (Å²) in [6, 6.07) is 8.26. The summed E-state index contributed by atoms with van der Waals surface area (Å²) in [6.07, 6.45) is 6.02. The molecule has 4 aromatic heterocycles. The Morgan fingerprint density at radius 1 is 1.15 bits per heavy atom. The molecule has 0 saturated heterocycles. The van der Waals surface area contributed by atoms with Crippen molar-refractivity contribution in [3.05, 3.63) is 72.5 Å². The van der Waals surface area contributed by atoms with E-state index in [1.165, 1.54) is 30.8 Å². The number of carbonyl (C=O) groups is 1. The van der Waals surface area contributed by atoms with Crippen molar-refractivity contribution in [3.63, 3.8) is 0 Å². The smallest absolute Gasteiger partial charge is 0.274 e. The number of imidazole rings is 1. The molecule has 0 saturated carbocycles. The monoisotopic (exact) mass is 444 g/mol. The zero-order chi connectivity index (χ0) is 22.9. The van der Waals surface area contributed by atoms with Gasteiger partial charge in [-0.15, -0.1) is 0 Å². The number of halogens is 1. The minimum Gasteiger partial charge on any atom is -0.443 e. The summed E-state index contributed by atoms with van der Waals surface area (Å²) in [6.45, 7) is -0.134. The third-order valence-corrected chi connectivity index (χ3v) is 5.02. The Morgan fingerprint density at radius 3 is 2.82 bits per heavy atom. The number of rotatable bonds is 5. The van der Waals surface area contributed by atoms with Crippen LogP contribution in [0.15, 0.2) is 59.7 Å². The Kier molecular flexibility index (Phi) is 4.98. The number of hydrogen-bond acceptors (Lipinski definition) is 8. The minimum absolute atomic E-state index is 0.0932. The van der Waals surface area contributed by atoms with Crippen LogP contribution in [0.5, 0.6) is 0 Å². The van der Waals surface area contributed by atoms with Gasteiger partial charge < -0.3 is 20.0 Å². The molecular formula is C22H17FN8O2. The van der Waals surface area contributed by atoms with Crippen molar-refractivity contribution in [2.24, 2.45) is 7.05 Å². The van der Waals surface area contributed by atoms with Crippen LogP contribution in [-0.4, -0.2) is 35.4 Å². The minimum atomic E-state index is -0.619. The SMILES string of the molecule is Cn1cnc2ccc(-c3nc(C(=O)NCc4ncccc4F)c(N)nc3-c3ncco3)cc21. The van der Waals surface area contributed by atoms with Gasteiger partial charge in [0.15, 0.2) is 17.2 Å². The van der Waals surface area contributed by atoms with Crippen molar-refractivity contribution in [3.8, 4) is 22.8 Å². The molecule has 4 heterocycles. The van der Waals surface area contributed by atoms with E-state index in [0.717, 1.165) is 11.0 Å². The number of aromatic nitrogens is 6. The van der Waals surface area contributed by atoms with Gasteiger partial charge >= 0.3 is 0 Å². The van der Waals surface area contributed by atoms with Gasteiger partial charge in [0.05, 0.1) is 35.8 Å². The number of fused-ring (bicyclic) bond motifs is 1. The third-order valence-electron chi connectivity index (χ3n) is 5.02. The fraction of sp³-hybridized carbons (Fsp3) is 0.0909. The van der Waals surface area contributed by atoms with E-state index in [0.29, 0.717) is 11.3 Å². The van der Waals surface area contributed by atoms with Crippen molar-refractivity contribution >= 4 is 22.8 Å². The summed E-state index contributed by atoms with van der Waals surface area (Å²) >= 11 is 0. The fourth-order valence-corrected chi connectivity index (χ4v) is 3.38. The molecule has 1 aromatic carbocycles. The molecule has 164 valence electrons. The number of nitrogen functional groups attached to an aromatic ring is 1. The molecule has 0 atom stereocenters. The second-order valence-electron chi connectivity index (χ2n) is 7.17. The molecule has 0 aliphatic carbocycles. The van der Waals surface area contributed by atoms with Crippen molar-refractivity contribution in [1.82, 2.24) is 34.8 Å². The molecule has 5 aromatic rings. The second-order valence-corrected chi connectivity index (χ2v) is 7.17. The van der Waals surface area contributed by atoms with Crippen LogP contribution in [0.1, 0.15) is 16.2 Å². The summed E-state index contributed by atoms with van der Waals surface area (Å²) in [4.78, 5) is 34.1. The van der Waals surface area contributed by atoms with E-state index in [9.17, 15) is 9.18 Å². The first kappa shape index (κ1) is 20.2. The third kappa shape index (κ3) is 3.76. The molecular weight excluding hydrogens is 427 g/mol. The first-order valence-corrected chi connectivity index (χ1v) is 9.87. The second kappa shape index (κ2) is 8.11. The van der Waals surface area contributed by atoms with Crippen LogP contribution in [0.3, 0.4) is 0 Å². The number of amides is 1. The fourth-order valence-electron chi connectivity index (χ4n) is 3.38. The lowest BCUT2D eigenvalue weighted by atomic mass is 10.1. The molecule has 5 rings (SSSR count). The Labute approximate surface area is 186 Å². The number of nitrogens with zero attached hydrogens (tertiary/aromatic N) is 6. The molecule has 0 aliphatic heterocycles. The van der Waals surface area contributed by atoms with Gasteiger partial charge in [0.1, 0.15) is 17.8 Å². The van der Waals surface area contributed by atoms with E-state index in [1.807, 2.05) is 29.8 Å². The summed E-state index contributed by atoms with van der Waals surface area (Å²) in [7, 11) is 1.87. The molecule has 0 radical (unpaired) electrons. The number of carbonyl (C=O) groups excluding carboxylic acids is 1. The standard InChI is InChI=1S/C22H17FN8O2/c1-31-11-28-14-5-4-12(9-16(14)31)17-18(22-26-7-8-33-22)30-20(24)19(29-17)21(32)27-10-15-13(23)3-2-6-25-15/h2-9,11H,10H2,1H3,(H2,24,30)(H,27,32). The number of pyridine rings is 1. The normalized spacial score (nSPS) is 11.1. The average molecular weight is 444 g/mol. The maximum absolute atomic E-state index is 13.9. The first-order chi connectivity index (χ1) is 16.0. The Morgan fingerprint density at radius 2 is 2.03 bits per heavy atom. The van der Waals surface area contributed by atoms with E-state index in [2.05, 4.69) is 30.2 Å². The van der Waals surface area contributed by atoms with Crippen LogP contribution >= 0.6 is 0 Å². The Hall–Kier alpha value is -4.67. The van der Waals surface area contributed by atoms with Gasteiger partial charge in [0, 0.05) is 18.8 Å². The van der Waals surface area contributed by atoms with E-state index in [-0.39, 0.29) is 35.3 Å². The van der Waals surface area contributed by atoms with Crippen LogP contribution in [0.4, 0.5) is 10.2 Å². The highest BCUT2D eigenvalue weighted by atomic mass is 19.1. The van der Waals surface area contributed by atoms with E-state index < -0.39 is 11.7 Å². The number of benzene rings is 1. The number of oxazole rings is 1. The van der Waals surface area contributed by atoms with Crippen LogP contribution in [0.2, 0.25) is 0 Å². The van der Waals surface area contributed by atoms with Gasteiger partial charge in [-0.2, -0.15) is 0 Å². The highest BCUT2D eigenvalue weighted by Crippen LogP contribution is 2.31. The number of anilines is 1. The lowest BCUT2D eigenvalue weighted by molar-refractivity contribution is 0.0946. The van der Waals surface area contributed by atoms with Crippen LogP contribution in [-0.2, 0) is 13.6 Å².